The van der Waals surface area contributed by atoms with E-state index in [1.807, 2.05) is 0 Å². The minimum Gasteiger partial charge on any atom is -0.478 e. The fourth-order valence-corrected chi connectivity index (χ4v) is 2.38. The highest BCUT2D eigenvalue weighted by Gasteiger charge is 2.11. The summed E-state index contributed by atoms with van der Waals surface area (Å²) in [6.45, 7) is 1.80. The number of hydrogen-bond acceptors (Lipinski definition) is 3. The smallest absolute Gasteiger partial charge is 0.335 e. The van der Waals surface area contributed by atoms with Crippen molar-refractivity contribution in [3.63, 3.8) is 0 Å². The Hall–Kier alpha value is -3.22. The third kappa shape index (κ3) is 3.10. The first-order valence-corrected chi connectivity index (χ1v) is 7.20. The molecule has 0 bridgehead atoms. The predicted molar refractivity (Wildman–Crippen MR) is 85.1 cm³/mol. The standard InChI is InChI=1S/C17H14FN3O3/c1-10-2-3-11(14(18)6-10)7-13-9-16(22)21(20-13)15-8-12(17(23)24)4-5-19-15/h2-6,8-9,20H,7H2,1H3,(H,23,24). The molecule has 3 aromatic rings. The summed E-state index contributed by atoms with van der Waals surface area (Å²) in [4.78, 5) is 27.1. The van der Waals surface area contributed by atoms with Gasteiger partial charge in [0.05, 0.1) is 5.56 Å². The molecule has 3 rings (SSSR count). The molecule has 0 aliphatic carbocycles. The maximum atomic E-state index is 13.9. The number of carboxylic acid groups (broad SMARTS) is 1. The van der Waals surface area contributed by atoms with Crippen LogP contribution in [0, 0.1) is 12.7 Å². The molecular formula is C17H14FN3O3. The molecule has 2 aromatic heterocycles. The summed E-state index contributed by atoms with van der Waals surface area (Å²) in [7, 11) is 0. The van der Waals surface area contributed by atoms with Gasteiger partial charge in [0, 0.05) is 24.4 Å². The molecule has 2 heterocycles. The van der Waals surface area contributed by atoms with Gasteiger partial charge in [-0.2, -0.15) is 0 Å². The van der Waals surface area contributed by atoms with Crippen LogP contribution >= 0.6 is 0 Å². The van der Waals surface area contributed by atoms with Crippen LogP contribution in [-0.4, -0.2) is 25.8 Å². The lowest BCUT2D eigenvalue weighted by molar-refractivity contribution is 0.0696. The summed E-state index contributed by atoms with van der Waals surface area (Å²) in [6.07, 6.45) is 1.53. The Morgan fingerprint density at radius 2 is 2.08 bits per heavy atom. The average Bonchev–Trinajstić information content (AvgIpc) is 2.91. The maximum absolute atomic E-state index is 13.9. The molecular weight excluding hydrogens is 313 g/mol. The molecule has 0 amide bonds. The number of halogens is 1. The largest absolute Gasteiger partial charge is 0.478 e. The number of pyridine rings is 1. The number of aromatic nitrogens is 3. The second-order valence-corrected chi connectivity index (χ2v) is 5.43. The highest BCUT2D eigenvalue weighted by atomic mass is 19.1. The van der Waals surface area contributed by atoms with Gasteiger partial charge in [0.2, 0.25) is 0 Å². The number of aryl methyl sites for hydroxylation is 1. The van der Waals surface area contributed by atoms with Gasteiger partial charge in [-0.05, 0) is 36.2 Å². The van der Waals surface area contributed by atoms with Gasteiger partial charge < -0.3 is 5.11 Å². The molecule has 24 heavy (non-hydrogen) atoms. The maximum Gasteiger partial charge on any atom is 0.335 e. The number of carboxylic acids is 1. The third-order valence-electron chi connectivity index (χ3n) is 3.58. The molecule has 1 aromatic carbocycles. The molecule has 2 N–H and O–H groups in total. The topological polar surface area (TPSA) is 88.0 Å². The molecule has 122 valence electrons. The molecule has 0 fully saturated rings. The van der Waals surface area contributed by atoms with Gasteiger partial charge in [-0.15, -0.1) is 0 Å². The highest BCUT2D eigenvalue weighted by molar-refractivity contribution is 5.87. The average molecular weight is 327 g/mol. The van der Waals surface area contributed by atoms with Crippen LogP contribution in [0.5, 0.6) is 0 Å². The zero-order valence-electron chi connectivity index (χ0n) is 12.8. The first-order valence-electron chi connectivity index (χ1n) is 7.20. The van der Waals surface area contributed by atoms with E-state index in [2.05, 4.69) is 10.1 Å². The highest BCUT2D eigenvalue weighted by Crippen LogP contribution is 2.14. The lowest BCUT2D eigenvalue weighted by atomic mass is 10.1. The molecule has 0 spiro atoms. The first-order chi connectivity index (χ1) is 11.4. The molecule has 0 saturated carbocycles. The van der Waals surface area contributed by atoms with Crippen molar-refractivity contribution < 1.29 is 14.3 Å². The number of hydrogen-bond donors (Lipinski definition) is 2. The van der Waals surface area contributed by atoms with Crippen LogP contribution in [-0.2, 0) is 6.42 Å². The Morgan fingerprint density at radius 1 is 1.29 bits per heavy atom. The van der Waals surface area contributed by atoms with Gasteiger partial charge in [0.25, 0.3) is 5.56 Å². The summed E-state index contributed by atoms with van der Waals surface area (Å²) >= 11 is 0. The van der Waals surface area contributed by atoms with Crippen LogP contribution in [0.15, 0.2) is 47.4 Å². The van der Waals surface area contributed by atoms with E-state index in [0.29, 0.717) is 11.3 Å². The lowest BCUT2D eigenvalue weighted by Crippen LogP contribution is -2.15. The molecule has 0 unspecified atom stereocenters. The van der Waals surface area contributed by atoms with Gasteiger partial charge in [-0.25, -0.2) is 18.9 Å². The van der Waals surface area contributed by atoms with Crippen molar-refractivity contribution in [2.45, 2.75) is 13.3 Å². The van der Waals surface area contributed by atoms with E-state index >= 15 is 0 Å². The van der Waals surface area contributed by atoms with E-state index in [0.717, 1.165) is 10.2 Å². The molecule has 0 aliphatic heterocycles. The zero-order chi connectivity index (χ0) is 17.3. The second-order valence-electron chi connectivity index (χ2n) is 5.43. The number of nitrogens with one attached hydrogen (secondary N) is 1. The minimum atomic E-state index is -1.11. The third-order valence-corrected chi connectivity index (χ3v) is 3.58. The Labute approximate surface area is 136 Å². The molecule has 0 aliphatic rings. The Kier molecular flexibility index (Phi) is 3.99. The summed E-state index contributed by atoms with van der Waals surface area (Å²) < 4.78 is 15.1. The quantitative estimate of drug-likeness (QED) is 0.769. The van der Waals surface area contributed by atoms with Crippen molar-refractivity contribution in [1.29, 1.82) is 0 Å². The lowest BCUT2D eigenvalue weighted by Gasteiger charge is -2.04. The first kappa shape index (κ1) is 15.7. The summed E-state index contributed by atoms with van der Waals surface area (Å²) in [6, 6.07) is 8.87. The van der Waals surface area contributed by atoms with E-state index in [1.165, 1.54) is 30.5 Å². The van der Waals surface area contributed by atoms with Crippen LogP contribution < -0.4 is 5.56 Å². The van der Waals surface area contributed by atoms with Crippen LogP contribution in [0.3, 0.4) is 0 Å². The summed E-state index contributed by atoms with van der Waals surface area (Å²) in [5.74, 6) is -1.29. The van der Waals surface area contributed by atoms with Crippen molar-refractivity contribution in [2.75, 3.05) is 0 Å². The SMILES string of the molecule is Cc1ccc(Cc2cc(=O)n(-c3cc(C(=O)O)ccn3)[nH]2)c(F)c1. The van der Waals surface area contributed by atoms with Gasteiger partial charge in [0.1, 0.15) is 5.82 Å². The van der Waals surface area contributed by atoms with Crippen molar-refractivity contribution in [3.8, 4) is 5.82 Å². The van der Waals surface area contributed by atoms with Crippen molar-refractivity contribution in [2.24, 2.45) is 0 Å². The Balaban J connectivity index is 1.94. The van der Waals surface area contributed by atoms with Crippen LogP contribution in [0.2, 0.25) is 0 Å². The van der Waals surface area contributed by atoms with E-state index in [-0.39, 0.29) is 23.6 Å². The molecule has 0 saturated heterocycles. The van der Waals surface area contributed by atoms with Crippen molar-refractivity contribution in [3.05, 3.63) is 81.2 Å². The van der Waals surface area contributed by atoms with E-state index in [9.17, 15) is 14.0 Å². The van der Waals surface area contributed by atoms with Gasteiger partial charge >= 0.3 is 5.97 Å². The number of nitrogens with zero attached hydrogens (tertiary/aromatic N) is 2. The van der Waals surface area contributed by atoms with E-state index in [1.54, 1.807) is 19.1 Å². The molecule has 7 heteroatoms. The van der Waals surface area contributed by atoms with Gasteiger partial charge in [-0.3, -0.25) is 9.89 Å². The number of aromatic carboxylic acids is 1. The number of carbonyl (C=O) groups is 1. The monoisotopic (exact) mass is 327 g/mol. The number of aromatic amines is 1. The number of H-pyrrole nitrogens is 1. The second kappa shape index (κ2) is 6.11. The van der Waals surface area contributed by atoms with E-state index in [4.69, 9.17) is 5.11 Å². The Morgan fingerprint density at radius 3 is 2.79 bits per heavy atom. The minimum absolute atomic E-state index is 0.0210. The van der Waals surface area contributed by atoms with E-state index < -0.39 is 11.5 Å². The molecule has 0 radical (unpaired) electrons. The van der Waals surface area contributed by atoms with Crippen LogP contribution in [0.4, 0.5) is 4.39 Å². The fourth-order valence-electron chi connectivity index (χ4n) is 2.38. The number of rotatable bonds is 4. The number of benzene rings is 1. The fraction of sp³-hybridized carbons (Fsp3) is 0.118. The predicted octanol–water partition coefficient (Wildman–Crippen LogP) is 2.30. The Bertz CT molecular complexity index is 975. The summed E-state index contributed by atoms with van der Waals surface area (Å²) in [5, 5.41) is 11.8. The zero-order valence-corrected chi connectivity index (χ0v) is 12.8. The van der Waals surface area contributed by atoms with Crippen LogP contribution in [0.25, 0.3) is 5.82 Å². The van der Waals surface area contributed by atoms with Gasteiger partial charge in [-0.1, -0.05) is 12.1 Å². The molecule has 6 nitrogen and oxygen atoms in total. The molecule has 0 atom stereocenters. The van der Waals surface area contributed by atoms with Crippen LogP contribution in [0.1, 0.15) is 27.2 Å². The van der Waals surface area contributed by atoms with Gasteiger partial charge in [0.15, 0.2) is 5.82 Å². The summed E-state index contributed by atoms with van der Waals surface area (Å²) in [5.41, 5.74) is 1.41. The van der Waals surface area contributed by atoms with Crippen molar-refractivity contribution in [1.82, 2.24) is 14.8 Å². The normalized spacial score (nSPS) is 10.8. The van der Waals surface area contributed by atoms with Crippen molar-refractivity contribution >= 4 is 5.97 Å².